The maximum Gasteiger partial charge on any atom is 0.120 e. The van der Waals surface area contributed by atoms with Crippen LogP contribution in [0.25, 0.3) is 10.9 Å². The molecule has 0 fully saturated rings. The first kappa shape index (κ1) is 12.6. The minimum atomic E-state index is 0.327. The van der Waals surface area contributed by atoms with Gasteiger partial charge in [0.15, 0.2) is 0 Å². The number of hydrogen-bond donors (Lipinski definition) is 2. The number of nitrogens with zero attached hydrogens (tertiary/aromatic N) is 1. The summed E-state index contributed by atoms with van der Waals surface area (Å²) in [5, 5.41) is 14.4. The van der Waals surface area contributed by atoms with Crippen LogP contribution in [0.15, 0.2) is 48.7 Å². The third-order valence-electron chi connectivity index (χ3n) is 3.67. The van der Waals surface area contributed by atoms with Crippen molar-refractivity contribution in [3.8, 4) is 5.75 Å². The van der Waals surface area contributed by atoms with E-state index in [1.54, 1.807) is 6.07 Å². The van der Waals surface area contributed by atoms with Gasteiger partial charge < -0.3 is 15.0 Å². The Bertz CT molecular complexity index is 759. The number of aryl methyl sites for hydroxylation is 2. The largest absolute Gasteiger partial charge is 0.508 e. The lowest BCUT2D eigenvalue weighted by Gasteiger charge is -2.07. The van der Waals surface area contributed by atoms with E-state index in [0.717, 1.165) is 17.8 Å². The van der Waals surface area contributed by atoms with E-state index in [1.807, 2.05) is 19.1 Å². The smallest absolute Gasteiger partial charge is 0.120 e. The van der Waals surface area contributed by atoms with Crippen LogP contribution in [-0.4, -0.2) is 9.67 Å². The fraction of sp³-hybridized carbons (Fsp3) is 0.176. The Morgan fingerprint density at radius 2 is 1.95 bits per heavy atom. The average Bonchev–Trinajstić information content (AvgIpc) is 2.78. The summed E-state index contributed by atoms with van der Waals surface area (Å²) in [6.07, 6.45) is 2.14. The predicted octanol–water partition coefficient (Wildman–Crippen LogP) is 3.80. The molecule has 102 valence electrons. The van der Waals surface area contributed by atoms with Crippen LogP contribution in [-0.2, 0) is 13.6 Å². The van der Waals surface area contributed by atoms with E-state index >= 15 is 0 Å². The number of rotatable bonds is 3. The van der Waals surface area contributed by atoms with Gasteiger partial charge in [-0.15, -0.1) is 0 Å². The Labute approximate surface area is 118 Å². The molecule has 1 aromatic heterocycles. The Hall–Kier alpha value is -2.42. The van der Waals surface area contributed by atoms with E-state index in [1.165, 1.54) is 16.5 Å². The first-order valence-electron chi connectivity index (χ1n) is 6.71. The van der Waals surface area contributed by atoms with Crippen LogP contribution in [0, 0.1) is 6.92 Å². The van der Waals surface area contributed by atoms with Gasteiger partial charge in [0.2, 0.25) is 0 Å². The maximum atomic E-state index is 9.73. The van der Waals surface area contributed by atoms with Crippen LogP contribution < -0.4 is 5.32 Å². The summed E-state index contributed by atoms with van der Waals surface area (Å²) >= 11 is 0. The van der Waals surface area contributed by atoms with Crippen LogP contribution >= 0.6 is 0 Å². The molecule has 3 heteroatoms. The van der Waals surface area contributed by atoms with Crippen LogP contribution in [0.3, 0.4) is 0 Å². The average molecular weight is 266 g/mol. The monoisotopic (exact) mass is 266 g/mol. The molecule has 0 atom stereocenters. The van der Waals surface area contributed by atoms with Crippen LogP contribution in [0.5, 0.6) is 5.75 Å². The number of phenolic OH excluding ortho intramolecular Hbond substituents is 1. The minimum absolute atomic E-state index is 0.327. The fourth-order valence-electron chi connectivity index (χ4n) is 2.48. The second kappa shape index (κ2) is 4.93. The molecule has 2 aromatic carbocycles. The van der Waals surface area contributed by atoms with Crippen molar-refractivity contribution in [2.75, 3.05) is 5.32 Å². The normalized spacial score (nSPS) is 10.9. The molecule has 0 radical (unpaired) electrons. The van der Waals surface area contributed by atoms with Crippen LogP contribution in [0.2, 0.25) is 0 Å². The molecule has 20 heavy (non-hydrogen) atoms. The number of benzene rings is 2. The summed E-state index contributed by atoms with van der Waals surface area (Å²) < 4.78 is 2.14. The summed E-state index contributed by atoms with van der Waals surface area (Å²) in [5.41, 5.74) is 4.31. The lowest BCUT2D eigenvalue weighted by molar-refractivity contribution is 0.471. The van der Waals surface area contributed by atoms with E-state index < -0.39 is 0 Å². The summed E-state index contributed by atoms with van der Waals surface area (Å²) in [5.74, 6) is 0.327. The number of aromatic nitrogens is 1. The molecule has 0 aliphatic rings. The minimum Gasteiger partial charge on any atom is -0.508 e. The molecular weight excluding hydrogens is 248 g/mol. The van der Waals surface area contributed by atoms with Crippen LogP contribution in [0.1, 0.15) is 11.1 Å². The molecule has 0 spiro atoms. The molecule has 3 rings (SSSR count). The quantitative estimate of drug-likeness (QED) is 0.756. The van der Waals surface area contributed by atoms with Crippen molar-refractivity contribution in [2.24, 2.45) is 7.05 Å². The summed E-state index contributed by atoms with van der Waals surface area (Å²) in [7, 11) is 2.06. The summed E-state index contributed by atoms with van der Waals surface area (Å²) in [6.45, 7) is 2.63. The Kier molecular flexibility index (Phi) is 3.11. The van der Waals surface area contributed by atoms with E-state index in [2.05, 4.69) is 47.4 Å². The number of hydrogen-bond acceptors (Lipinski definition) is 2. The first-order chi connectivity index (χ1) is 9.65. The number of nitrogens with one attached hydrogen (secondary N) is 1. The SMILES string of the molecule is Cc1ccc(NCc2cn(C)c3ccccc23)cc1O. The van der Waals surface area contributed by atoms with E-state index in [9.17, 15) is 5.11 Å². The molecule has 3 nitrogen and oxygen atoms in total. The van der Waals surface area contributed by atoms with E-state index in [0.29, 0.717) is 5.75 Å². The molecule has 0 saturated carbocycles. The maximum absolute atomic E-state index is 9.73. The van der Waals surface area contributed by atoms with Crippen molar-refractivity contribution in [3.63, 3.8) is 0 Å². The highest BCUT2D eigenvalue weighted by molar-refractivity contribution is 5.84. The number of phenols is 1. The highest BCUT2D eigenvalue weighted by atomic mass is 16.3. The van der Waals surface area contributed by atoms with Gasteiger partial charge in [0.25, 0.3) is 0 Å². The van der Waals surface area contributed by atoms with Crippen molar-refractivity contribution in [2.45, 2.75) is 13.5 Å². The molecule has 3 aromatic rings. The van der Waals surface area contributed by atoms with Crippen molar-refractivity contribution >= 4 is 16.6 Å². The van der Waals surface area contributed by atoms with Crippen LogP contribution in [0.4, 0.5) is 5.69 Å². The first-order valence-corrected chi connectivity index (χ1v) is 6.71. The third-order valence-corrected chi connectivity index (χ3v) is 3.67. The molecule has 2 N–H and O–H groups in total. The number of fused-ring (bicyclic) bond motifs is 1. The number of anilines is 1. The Morgan fingerprint density at radius 3 is 2.75 bits per heavy atom. The highest BCUT2D eigenvalue weighted by Gasteiger charge is 2.05. The zero-order chi connectivity index (χ0) is 14.1. The summed E-state index contributed by atoms with van der Waals surface area (Å²) in [6, 6.07) is 14.0. The van der Waals surface area contributed by atoms with Gasteiger partial charge in [-0.05, 0) is 30.2 Å². The fourth-order valence-corrected chi connectivity index (χ4v) is 2.48. The van der Waals surface area contributed by atoms with Crippen molar-refractivity contribution in [1.29, 1.82) is 0 Å². The molecule has 0 unspecified atom stereocenters. The van der Waals surface area contributed by atoms with Gasteiger partial charge in [0, 0.05) is 42.4 Å². The number of aromatic hydroxyl groups is 1. The van der Waals surface area contributed by atoms with Gasteiger partial charge >= 0.3 is 0 Å². The predicted molar refractivity (Wildman–Crippen MR) is 83.1 cm³/mol. The molecule has 0 aliphatic carbocycles. The van der Waals surface area contributed by atoms with Gasteiger partial charge in [0.1, 0.15) is 5.75 Å². The molecule has 0 bridgehead atoms. The van der Waals surface area contributed by atoms with Gasteiger partial charge in [-0.2, -0.15) is 0 Å². The summed E-state index contributed by atoms with van der Waals surface area (Å²) in [4.78, 5) is 0. The Morgan fingerprint density at radius 1 is 1.15 bits per heavy atom. The van der Waals surface area contributed by atoms with Crippen molar-refractivity contribution in [1.82, 2.24) is 4.57 Å². The second-order valence-corrected chi connectivity index (χ2v) is 5.14. The molecule has 1 heterocycles. The van der Waals surface area contributed by atoms with Gasteiger partial charge in [-0.25, -0.2) is 0 Å². The number of para-hydroxylation sites is 1. The standard InChI is InChI=1S/C17H18N2O/c1-12-7-8-14(9-17(12)20)18-10-13-11-19(2)16-6-4-3-5-15(13)16/h3-9,11,18,20H,10H2,1-2H3. The van der Waals surface area contributed by atoms with Crippen molar-refractivity contribution < 1.29 is 5.11 Å². The third kappa shape index (κ3) is 2.23. The second-order valence-electron chi connectivity index (χ2n) is 5.14. The topological polar surface area (TPSA) is 37.2 Å². The van der Waals surface area contributed by atoms with Gasteiger partial charge in [-0.1, -0.05) is 24.3 Å². The van der Waals surface area contributed by atoms with E-state index in [-0.39, 0.29) is 0 Å². The Balaban J connectivity index is 1.85. The van der Waals surface area contributed by atoms with Gasteiger partial charge in [0.05, 0.1) is 0 Å². The molecule has 0 aliphatic heterocycles. The zero-order valence-electron chi connectivity index (χ0n) is 11.7. The molecular formula is C17H18N2O. The lowest BCUT2D eigenvalue weighted by Crippen LogP contribution is -1.98. The lowest BCUT2D eigenvalue weighted by atomic mass is 10.1. The molecule has 0 amide bonds. The molecule has 0 saturated heterocycles. The zero-order valence-corrected chi connectivity index (χ0v) is 11.7. The van der Waals surface area contributed by atoms with Gasteiger partial charge in [-0.3, -0.25) is 0 Å². The van der Waals surface area contributed by atoms with E-state index in [4.69, 9.17) is 0 Å². The van der Waals surface area contributed by atoms with Crippen molar-refractivity contribution in [3.05, 3.63) is 59.8 Å². The highest BCUT2D eigenvalue weighted by Crippen LogP contribution is 2.24.